The van der Waals surface area contributed by atoms with E-state index in [4.69, 9.17) is 0 Å². The number of carbonyl (C=O) groups is 1. The molecule has 2 aliphatic heterocycles. The summed E-state index contributed by atoms with van der Waals surface area (Å²) in [6.45, 7) is 3.31. The highest BCUT2D eigenvalue weighted by Gasteiger charge is 2.45. The third-order valence-corrected chi connectivity index (χ3v) is 7.33. The molecule has 0 aromatic heterocycles. The summed E-state index contributed by atoms with van der Waals surface area (Å²) in [5.41, 5.74) is 3.57. The van der Waals surface area contributed by atoms with Gasteiger partial charge in [0, 0.05) is 56.7 Å². The molecular formula is C26H32FIN4O. The average Bonchev–Trinajstić information content (AvgIpc) is 3.36. The Morgan fingerprint density at radius 1 is 1.21 bits per heavy atom. The maximum atomic E-state index is 13.8. The molecule has 1 unspecified atom stereocenters. The lowest BCUT2D eigenvalue weighted by atomic mass is 9.96. The number of rotatable bonds is 6. The number of halogens is 2. The number of fused-ring (bicyclic) bond motifs is 1. The second-order valence-electron chi connectivity index (χ2n) is 9.33. The van der Waals surface area contributed by atoms with Crippen LogP contribution in [0.25, 0.3) is 0 Å². The number of aliphatic imine (C=N–C) groups is 1. The van der Waals surface area contributed by atoms with Crippen LogP contribution in [0.5, 0.6) is 0 Å². The number of likely N-dealkylation sites (tertiary alicyclic amines) is 1. The maximum absolute atomic E-state index is 13.8. The molecule has 1 saturated heterocycles. The van der Waals surface area contributed by atoms with Gasteiger partial charge in [0.15, 0.2) is 5.96 Å². The van der Waals surface area contributed by atoms with Gasteiger partial charge in [-0.3, -0.25) is 9.79 Å². The van der Waals surface area contributed by atoms with Crippen LogP contribution < -0.4 is 10.2 Å². The summed E-state index contributed by atoms with van der Waals surface area (Å²) in [5.74, 6) is 1.35. The molecule has 0 radical (unpaired) electrons. The van der Waals surface area contributed by atoms with Crippen LogP contribution in [0, 0.1) is 5.82 Å². The first-order valence-electron chi connectivity index (χ1n) is 11.7. The van der Waals surface area contributed by atoms with Crippen molar-refractivity contribution < 1.29 is 9.18 Å². The molecule has 5 nitrogen and oxygen atoms in total. The summed E-state index contributed by atoms with van der Waals surface area (Å²) in [7, 11) is 1.82. The fourth-order valence-electron chi connectivity index (χ4n) is 5.28. The van der Waals surface area contributed by atoms with Gasteiger partial charge in [0.05, 0.1) is 0 Å². The second-order valence-corrected chi connectivity index (χ2v) is 9.33. The molecule has 7 heteroatoms. The number of hydrogen-bond acceptors (Lipinski definition) is 2. The second kappa shape index (κ2) is 9.99. The Labute approximate surface area is 212 Å². The van der Waals surface area contributed by atoms with Crippen molar-refractivity contribution in [2.75, 3.05) is 38.1 Å². The summed E-state index contributed by atoms with van der Waals surface area (Å²) in [6.07, 6.45) is 4.75. The Bertz CT molecular complexity index is 1040. The van der Waals surface area contributed by atoms with Crippen molar-refractivity contribution in [1.82, 2.24) is 10.2 Å². The lowest BCUT2D eigenvalue weighted by Crippen LogP contribution is -2.44. The molecule has 5 rings (SSSR count). The Morgan fingerprint density at radius 3 is 2.73 bits per heavy atom. The minimum Gasteiger partial charge on any atom is -0.355 e. The van der Waals surface area contributed by atoms with Gasteiger partial charge < -0.3 is 15.1 Å². The molecule has 33 heavy (non-hydrogen) atoms. The van der Waals surface area contributed by atoms with Crippen LogP contribution in [0.15, 0.2) is 53.5 Å². The van der Waals surface area contributed by atoms with Gasteiger partial charge in [-0.1, -0.05) is 30.3 Å². The van der Waals surface area contributed by atoms with Crippen LogP contribution in [0.4, 0.5) is 10.1 Å². The topological polar surface area (TPSA) is 47.9 Å². The third kappa shape index (κ3) is 4.88. The van der Waals surface area contributed by atoms with E-state index in [0.717, 1.165) is 63.4 Å². The van der Waals surface area contributed by atoms with Crippen molar-refractivity contribution >= 4 is 41.5 Å². The van der Waals surface area contributed by atoms with Gasteiger partial charge in [-0.2, -0.15) is 0 Å². The van der Waals surface area contributed by atoms with Gasteiger partial charge >= 0.3 is 0 Å². The highest BCUT2D eigenvalue weighted by Crippen LogP contribution is 2.48. The molecule has 1 amide bonds. The highest BCUT2D eigenvalue weighted by atomic mass is 127. The molecule has 1 saturated carbocycles. The molecule has 1 atom stereocenters. The summed E-state index contributed by atoms with van der Waals surface area (Å²) < 4.78 is 13.8. The first-order valence-corrected chi connectivity index (χ1v) is 11.7. The van der Waals surface area contributed by atoms with Crippen molar-refractivity contribution in [3.05, 3.63) is 65.5 Å². The Balaban J connectivity index is 0.00000259. The molecule has 0 bridgehead atoms. The van der Waals surface area contributed by atoms with Gasteiger partial charge in [0.2, 0.25) is 5.91 Å². The predicted molar refractivity (Wildman–Crippen MR) is 141 cm³/mol. The molecule has 1 aliphatic carbocycles. The number of hydrogen-bond donors (Lipinski definition) is 1. The first kappa shape index (κ1) is 24.0. The van der Waals surface area contributed by atoms with Crippen molar-refractivity contribution in [3.8, 4) is 0 Å². The van der Waals surface area contributed by atoms with E-state index in [1.165, 1.54) is 17.3 Å². The summed E-state index contributed by atoms with van der Waals surface area (Å²) in [6, 6.07) is 15.5. The Morgan fingerprint density at radius 2 is 2.03 bits per heavy atom. The number of nitrogens with zero attached hydrogens (tertiary/aromatic N) is 3. The molecule has 3 aliphatic rings. The fraction of sp³-hybridized carbons (Fsp3) is 0.462. The number of benzene rings is 2. The number of para-hydroxylation sites is 1. The van der Waals surface area contributed by atoms with Crippen molar-refractivity contribution in [3.63, 3.8) is 0 Å². The molecule has 0 spiro atoms. The first-order chi connectivity index (χ1) is 15.6. The van der Waals surface area contributed by atoms with E-state index < -0.39 is 0 Å². The monoisotopic (exact) mass is 562 g/mol. The minimum absolute atomic E-state index is 0. The van der Waals surface area contributed by atoms with Crippen molar-refractivity contribution in [1.29, 1.82) is 0 Å². The van der Waals surface area contributed by atoms with Crippen LogP contribution in [0.2, 0.25) is 0 Å². The number of carbonyl (C=O) groups excluding carboxylic acids is 1. The Hall–Kier alpha value is -2.16. The van der Waals surface area contributed by atoms with E-state index in [1.54, 1.807) is 12.1 Å². The van der Waals surface area contributed by atoms with E-state index in [9.17, 15) is 9.18 Å². The molecule has 2 aromatic rings. The molecule has 2 fully saturated rings. The average molecular weight is 562 g/mol. The quantitative estimate of drug-likeness (QED) is 0.317. The van der Waals surface area contributed by atoms with Crippen LogP contribution in [-0.4, -0.2) is 50.0 Å². The van der Waals surface area contributed by atoms with Crippen LogP contribution >= 0.6 is 24.0 Å². The van der Waals surface area contributed by atoms with Crippen molar-refractivity contribution in [2.45, 2.75) is 43.4 Å². The highest BCUT2D eigenvalue weighted by molar-refractivity contribution is 14.0. The largest absolute Gasteiger partial charge is 0.355 e. The minimum atomic E-state index is -0.175. The van der Waals surface area contributed by atoms with Crippen molar-refractivity contribution in [2.24, 2.45) is 4.99 Å². The summed E-state index contributed by atoms with van der Waals surface area (Å²) >= 11 is 0. The number of anilines is 1. The van der Waals surface area contributed by atoms with Gasteiger partial charge in [0.1, 0.15) is 5.82 Å². The van der Waals surface area contributed by atoms with Crippen LogP contribution in [0.1, 0.15) is 49.1 Å². The summed E-state index contributed by atoms with van der Waals surface area (Å²) in [4.78, 5) is 20.9. The van der Waals surface area contributed by atoms with E-state index in [1.807, 2.05) is 18.0 Å². The van der Waals surface area contributed by atoms with Crippen LogP contribution in [0.3, 0.4) is 0 Å². The zero-order chi connectivity index (χ0) is 22.1. The standard InChI is InChI=1S/C26H31FN4O.HI/c1-28-25(29-18-26(12-13-26)20-6-4-7-21(27)16-20)31-17-19(22-8-2-3-9-23(22)31)11-15-30-14-5-10-24(30)32;/h2-4,6-9,16,19H,5,10-15,17-18H2,1H3,(H,28,29);1H. The van der Waals surface area contributed by atoms with E-state index in [0.29, 0.717) is 12.3 Å². The normalized spacial score (nSPS) is 21.1. The van der Waals surface area contributed by atoms with E-state index >= 15 is 0 Å². The molecular weight excluding hydrogens is 530 g/mol. The lowest BCUT2D eigenvalue weighted by molar-refractivity contribution is -0.127. The SMILES string of the molecule is CN=C(NCC1(c2cccc(F)c2)CC1)N1CC(CCN2CCCC2=O)c2ccccc21.I. The van der Waals surface area contributed by atoms with Crippen LogP contribution in [-0.2, 0) is 10.2 Å². The predicted octanol–water partition coefficient (Wildman–Crippen LogP) is 4.67. The van der Waals surface area contributed by atoms with Gasteiger partial charge in [-0.05, 0) is 55.0 Å². The zero-order valence-electron chi connectivity index (χ0n) is 19.1. The number of nitrogens with one attached hydrogen (secondary N) is 1. The Kier molecular flexibility index (Phi) is 7.26. The van der Waals surface area contributed by atoms with Gasteiger partial charge in [0.25, 0.3) is 0 Å². The van der Waals surface area contributed by atoms with Gasteiger partial charge in [-0.15, -0.1) is 24.0 Å². The summed E-state index contributed by atoms with van der Waals surface area (Å²) in [5, 5.41) is 3.59. The maximum Gasteiger partial charge on any atom is 0.222 e. The molecule has 2 heterocycles. The molecule has 1 N–H and O–H groups in total. The van der Waals surface area contributed by atoms with E-state index in [-0.39, 0.29) is 41.1 Å². The smallest absolute Gasteiger partial charge is 0.222 e. The fourth-order valence-corrected chi connectivity index (χ4v) is 5.28. The molecule has 176 valence electrons. The van der Waals surface area contributed by atoms with E-state index in [2.05, 4.69) is 39.5 Å². The molecule has 2 aromatic carbocycles. The third-order valence-electron chi connectivity index (χ3n) is 7.33. The zero-order valence-corrected chi connectivity index (χ0v) is 21.4. The van der Waals surface area contributed by atoms with Gasteiger partial charge in [-0.25, -0.2) is 4.39 Å². The lowest BCUT2D eigenvalue weighted by Gasteiger charge is -2.26. The number of amides is 1. The number of guanidine groups is 1.